The summed E-state index contributed by atoms with van der Waals surface area (Å²) in [6.07, 6.45) is -0.854. The lowest BCUT2D eigenvalue weighted by atomic mass is 10.0. The van der Waals surface area contributed by atoms with Crippen LogP contribution in [0.15, 0.2) is 53.9 Å². The van der Waals surface area contributed by atoms with Crippen molar-refractivity contribution >= 4 is 21.5 Å². The van der Waals surface area contributed by atoms with Gasteiger partial charge in [0.15, 0.2) is 26.5 Å². The number of anilines is 2. The van der Waals surface area contributed by atoms with E-state index >= 15 is 4.39 Å². The Morgan fingerprint density at radius 1 is 1.11 bits per heavy atom. The zero-order chi connectivity index (χ0) is 25.2. The lowest BCUT2D eigenvalue weighted by Crippen LogP contribution is -2.40. The van der Waals surface area contributed by atoms with E-state index in [2.05, 4.69) is 20.3 Å². The molecule has 2 aromatic heterocycles. The summed E-state index contributed by atoms with van der Waals surface area (Å²) in [6, 6.07) is 7.02. The number of pyridine rings is 1. The molecule has 186 valence electrons. The average molecular weight is 512 g/mol. The summed E-state index contributed by atoms with van der Waals surface area (Å²) >= 11 is 0. The molecule has 1 aliphatic rings. The van der Waals surface area contributed by atoms with Crippen LogP contribution in [0.4, 0.5) is 29.2 Å². The van der Waals surface area contributed by atoms with Gasteiger partial charge in [-0.15, -0.1) is 0 Å². The Kier molecular flexibility index (Phi) is 6.90. The average Bonchev–Trinajstić information content (AvgIpc) is 2.83. The molecule has 0 aliphatic carbocycles. The largest absolute Gasteiger partial charge is 0.416 e. The minimum Gasteiger partial charge on any atom is -0.377 e. The van der Waals surface area contributed by atoms with Gasteiger partial charge in [0.05, 0.1) is 24.8 Å². The molecule has 0 bridgehead atoms. The van der Waals surface area contributed by atoms with Crippen LogP contribution in [0.1, 0.15) is 22.7 Å². The molecule has 0 spiro atoms. The molecular weight excluding hydrogens is 490 g/mol. The molecule has 0 amide bonds. The molecule has 1 fully saturated rings. The van der Waals surface area contributed by atoms with Gasteiger partial charge in [0.2, 0.25) is 5.82 Å². The highest BCUT2D eigenvalue weighted by Crippen LogP contribution is 2.34. The Hall–Kier alpha value is -3.32. The first-order chi connectivity index (χ1) is 16.5. The maximum absolute atomic E-state index is 15.4. The standard InChI is InChI=1S/C22H21F4N5O3S/c1-35(32,33)18-7-2-14(10-27-18)11-28-20-19(23)21(30-13-29-20)31-8-9-34-12-17(31)15-3-5-16(6-4-15)22(24,25)26/h2-7,10,13,17H,8-9,11-12H2,1H3,(H,28,29,30). The topological polar surface area (TPSA) is 97.3 Å². The Labute approximate surface area is 198 Å². The summed E-state index contributed by atoms with van der Waals surface area (Å²) in [5.74, 6) is -0.826. The number of hydrogen-bond acceptors (Lipinski definition) is 8. The molecule has 1 saturated heterocycles. The summed E-state index contributed by atoms with van der Waals surface area (Å²) in [5, 5.41) is 2.78. The smallest absolute Gasteiger partial charge is 0.377 e. The first-order valence-corrected chi connectivity index (χ1v) is 12.3. The molecule has 1 unspecified atom stereocenters. The fraction of sp³-hybridized carbons (Fsp3) is 0.318. The monoisotopic (exact) mass is 511 g/mol. The molecule has 1 N–H and O–H groups in total. The highest BCUT2D eigenvalue weighted by atomic mass is 32.2. The molecule has 35 heavy (non-hydrogen) atoms. The van der Waals surface area contributed by atoms with Crippen LogP contribution in [0.3, 0.4) is 0 Å². The third-order valence-corrected chi connectivity index (χ3v) is 6.43. The fourth-order valence-electron chi connectivity index (χ4n) is 3.63. The van der Waals surface area contributed by atoms with Gasteiger partial charge >= 0.3 is 6.18 Å². The van der Waals surface area contributed by atoms with Gasteiger partial charge in [0.25, 0.3) is 0 Å². The van der Waals surface area contributed by atoms with Gasteiger partial charge in [-0.25, -0.2) is 23.4 Å². The molecular formula is C22H21F4N5O3S. The lowest BCUT2D eigenvalue weighted by molar-refractivity contribution is -0.137. The number of aromatic nitrogens is 3. The van der Waals surface area contributed by atoms with Crippen LogP contribution in [0.2, 0.25) is 0 Å². The molecule has 0 radical (unpaired) electrons. The number of benzene rings is 1. The maximum atomic E-state index is 15.4. The number of ether oxygens (including phenoxy) is 1. The molecule has 13 heteroatoms. The van der Waals surface area contributed by atoms with E-state index in [4.69, 9.17) is 4.74 Å². The van der Waals surface area contributed by atoms with E-state index in [9.17, 15) is 21.6 Å². The summed E-state index contributed by atoms with van der Waals surface area (Å²) in [7, 11) is -3.43. The highest BCUT2D eigenvalue weighted by Gasteiger charge is 2.32. The second kappa shape index (κ2) is 9.74. The summed E-state index contributed by atoms with van der Waals surface area (Å²) in [5.41, 5.74) is 0.358. The van der Waals surface area contributed by atoms with Gasteiger partial charge in [-0.3, -0.25) is 0 Å². The molecule has 1 atom stereocenters. The van der Waals surface area contributed by atoms with Crippen molar-refractivity contribution in [2.45, 2.75) is 23.8 Å². The second-order valence-corrected chi connectivity index (χ2v) is 9.86. The molecule has 3 heterocycles. The van der Waals surface area contributed by atoms with Crippen LogP contribution in [-0.4, -0.2) is 49.4 Å². The van der Waals surface area contributed by atoms with E-state index in [1.807, 2.05) is 0 Å². The van der Waals surface area contributed by atoms with Crippen molar-refractivity contribution in [3.63, 3.8) is 0 Å². The van der Waals surface area contributed by atoms with Gasteiger partial charge in [-0.05, 0) is 29.3 Å². The van der Waals surface area contributed by atoms with Gasteiger partial charge in [-0.2, -0.15) is 17.6 Å². The normalized spacial score (nSPS) is 16.8. The van der Waals surface area contributed by atoms with E-state index in [0.717, 1.165) is 18.4 Å². The van der Waals surface area contributed by atoms with Crippen molar-refractivity contribution in [3.8, 4) is 0 Å². The molecule has 0 saturated carbocycles. The minimum atomic E-state index is -4.46. The first kappa shape index (κ1) is 24.8. The molecule has 8 nitrogen and oxygen atoms in total. The van der Waals surface area contributed by atoms with E-state index in [1.165, 1.54) is 30.7 Å². The van der Waals surface area contributed by atoms with Crippen LogP contribution in [0.25, 0.3) is 0 Å². The lowest BCUT2D eigenvalue weighted by Gasteiger charge is -2.37. The quantitative estimate of drug-likeness (QED) is 0.502. The van der Waals surface area contributed by atoms with Crippen molar-refractivity contribution < 1.29 is 30.7 Å². The van der Waals surface area contributed by atoms with Crippen LogP contribution in [0, 0.1) is 5.82 Å². The Bertz CT molecular complexity index is 1290. The summed E-state index contributed by atoms with van der Waals surface area (Å²) < 4.78 is 82.7. The van der Waals surface area contributed by atoms with E-state index in [-0.39, 0.29) is 36.4 Å². The third kappa shape index (κ3) is 5.68. The predicted octanol–water partition coefficient (Wildman–Crippen LogP) is 3.62. The minimum absolute atomic E-state index is 0.0127. The zero-order valence-electron chi connectivity index (χ0n) is 18.5. The number of halogens is 4. The van der Waals surface area contributed by atoms with Crippen LogP contribution < -0.4 is 10.2 Å². The Morgan fingerprint density at radius 2 is 1.86 bits per heavy atom. The number of hydrogen-bond donors (Lipinski definition) is 1. The number of rotatable bonds is 6. The van der Waals surface area contributed by atoms with Crippen molar-refractivity contribution in [2.75, 3.05) is 36.2 Å². The number of alkyl halides is 3. The van der Waals surface area contributed by atoms with Crippen molar-refractivity contribution in [3.05, 3.63) is 71.4 Å². The molecule has 3 aromatic rings. The van der Waals surface area contributed by atoms with Crippen LogP contribution >= 0.6 is 0 Å². The van der Waals surface area contributed by atoms with Gasteiger partial charge in [0, 0.05) is 25.5 Å². The first-order valence-electron chi connectivity index (χ1n) is 10.4. The second-order valence-electron chi connectivity index (χ2n) is 7.89. The van der Waals surface area contributed by atoms with Crippen molar-refractivity contribution in [1.29, 1.82) is 0 Å². The maximum Gasteiger partial charge on any atom is 0.416 e. The summed E-state index contributed by atoms with van der Waals surface area (Å²) in [6.45, 7) is 0.837. The number of morpholine rings is 1. The summed E-state index contributed by atoms with van der Waals surface area (Å²) in [4.78, 5) is 13.5. The number of nitrogens with zero attached hydrogens (tertiary/aromatic N) is 4. The van der Waals surface area contributed by atoms with E-state index in [1.54, 1.807) is 11.0 Å². The highest BCUT2D eigenvalue weighted by molar-refractivity contribution is 7.90. The molecule has 1 aliphatic heterocycles. The van der Waals surface area contributed by atoms with Crippen molar-refractivity contribution in [2.24, 2.45) is 0 Å². The van der Waals surface area contributed by atoms with Crippen molar-refractivity contribution in [1.82, 2.24) is 15.0 Å². The number of nitrogens with one attached hydrogen (secondary N) is 1. The molecule has 4 rings (SSSR count). The Balaban J connectivity index is 1.54. The van der Waals surface area contributed by atoms with Gasteiger partial charge < -0.3 is 15.0 Å². The van der Waals surface area contributed by atoms with Gasteiger partial charge in [-0.1, -0.05) is 18.2 Å². The van der Waals surface area contributed by atoms with Gasteiger partial charge in [0.1, 0.15) is 6.33 Å². The fourth-order valence-corrected chi connectivity index (χ4v) is 4.19. The zero-order valence-corrected chi connectivity index (χ0v) is 19.3. The van der Waals surface area contributed by atoms with E-state index in [0.29, 0.717) is 17.7 Å². The molecule has 1 aromatic carbocycles. The SMILES string of the molecule is CS(=O)(=O)c1ccc(CNc2ncnc(N3CCOCC3c3ccc(C(F)(F)F)cc3)c2F)cn1. The number of sulfone groups is 1. The van der Waals surface area contributed by atoms with Crippen LogP contribution in [-0.2, 0) is 27.3 Å². The van der Waals surface area contributed by atoms with Crippen LogP contribution in [0.5, 0.6) is 0 Å². The van der Waals surface area contributed by atoms with E-state index < -0.39 is 33.4 Å². The Morgan fingerprint density at radius 3 is 2.49 bits per heavy atom. The predicted molar refractivity (Wildman–Crippen MR) is 119 cm³/mol. The third-order valence-electron chi connectivity index (χ3n) is 5.43.